The third-order valence-electron chi connectivity index (χ3n) is 3.68. The third kappa shape index (κ3) is 5.03. The molecule has 0 aliphatic rings. The van der Waals surface area contributed by atoms with Crippen molar-refractivity contribution < 1.29 is 0 Å². The summed E-state index contributed by atoms with van der Waals surface area (Å²) in [6.45, 7) is 10.3. The van der Waals surface area contributed by atoms with Gasteiger partial charge in [-0.25, -0.2) is 0 Å². The number of rotatable bonds is 8. The summed E-state index contributed by atoms with van der Waals surface area (Å²) < 4.78 is 0. The Morgan fingerprint density at radius 2 is 1.78 bits per heavy atom. The van der Waals surface area contributed by atoms with E-state index in [4.69, 9.17) is 0 Å². The fraction of sp³-hybridized carbons (Fsp3) is 0.625. The Bertz CT molecular complexity index is 312. The predicted octanol–water partition coefficient (Wildman–Crippen LogP) is 4.07. The highest BCUT2D eigenvalue weighted by atomic mass is 32.1. The molecule has 0 aliphatic heterocycles. The Labute approximate surface area is 118 Å². The molecule has 0 saturated carbocycles. The van der Waals surface area contributed by atoms with Crippen LogP contribution in [0, 0.1) is 5.92 Å². The van der Waals surface area contributed by atoms with Gasteiger partial charge in [0, 0.05) is 19.0 Å². The van der Waals surface area contributed by atoms with Crippen LogP contribution in [0.3, 0.4) is 0 Å². The number of nitrogens with zero attached hydrogens (tertiary/aromatic N) is 1. The van der Waals surface area contributed by atoms with E-state index >= 15 is 0 Å². The van der Waals surface area contributed by atoms with Crippen molar-refractivity contribution in [1.82, 2.24) is 4.90 Å². The van der Waals surface area contributed by atoms with Crippen LogP contribution in [-0.4, -0.2) is 30.3 Å². The molecule has 0 N–H and O–H groups in total. The van der Waals surface area contributed by atoms with Crippen LogP contribution in [0.4, 0.5) is 0 Å². The van der Waals surface area contributed by atoms with Gasteiger partial charge in [-0.1, -0.05) is 57.5 Å². The smallest absolute Gasteiger partial charge is 0.00581 e. The Morgan fingerprint density at radius 3 is 2.28 bits per heavy atom. The van der Waals surface area contributed by atoms with Crippen LogP contribution in [0.1, 0.15) is 38.7 Å². The number of thiol groups is 1. The summed E-state index contributed by atoms with van der Waals surface area (Å²) in [7, 11) is 0. The van der Waals surface area contributed by atoms with Crippen LogP contribution in [-0.2, 0) is 0 Å². The van der Waals surface area contributed by atoms with Crippen molar-refractivity contribution in [2.75, 3.05) is 25.4 Å². The zero-order valence-electron chi connectivity index (χ0n) is 12.0. The third-order valence-corrected chi connectivity index (χ3v) is 4.12. The predicted molar refractivity (Wildman–Crippen MR) is 84.6 cm³/mol. The zero-order chi connectivity index (χ0) is 13.4. The van der Waals surface area contributed by atoms with Crippen molar-refractivity contribution in [2.24, 2.45) is 5.92 Å². The fourth-order valence-electron chi connectivity index (χ4n) is 2.21. The lowest BCUT2D eigenvalue weighted by Crippen LogP contribution is -2.33. The van der Waals surface area contributed by atoms with E-state index in [2.05, 4.69) is 68.6 Å². The molecule has 102 valence electrons. The second-order valence-electron chi connectivity index (χ2n) is 5.16. The molecule has 0 fully saturated rings. The lowest BCUT2D eigenvalue weighted by Gasteiger charge is -2.28. The molecule has 2 atom stereocenters. The minimum Gasteiger partial charge on any atom is -0.303 e. The molecule has 0 aliphatic carbocycles. The summed E-state index contributed by atoms with van der Waals surface area (Å²) >= 11 is 4.53. The molecule has 0 heterocycles. The van der Waals surface area contributed by atoms with E-state index in [1.807, 2.05) is 0 Å². The summed E-state index contributed by atoms with van der Waals surface area (Å²) in [4.78, 5) is 2.56. The zero-order valence-corrected chi connectivity index (χ0v) is 12.9. The van der Waals surface area contributed by atoms with E-state index in [-0.39, 0.29) is 0 Å². The number of benzene rings is 1. The molecule has 0 saturated heterocycles. The van der Waals surface area contributed by atoms with Crippen molar-refractivity contribution >= 4 is 12.6 Å². The molecule has 1 aromatic carbocycles. The first-order valence-corrected chi connectivity index (χ1v) is 7.72. The average molecular weight is 265 g/mol. The van der Waals surface area contributed by atoms with Gasteiger partial charge in [-0.05, 0) is 23.8 Å². The van der Waals surface area contributed by atoms with Crippen LogP contribution in [0.15, 0.2) is 30.3 Å². The van der Waals surface area contributed by atoms with Gasteiger partial charge >= 0.3 is 0 Å². The normalized spacial score (nSPS) is 14.7. The number of likely N-dealkylation sites (N-methyl/N-ethyl adjacent to an activating group) is 1. The molecule has 0 aromatic heterocycles. The quantitative estimate of drug-likeness (QED) is 0.694. The van der Waals surface area contributed by atoms with Crippen molar-refractivity contribution in [3.63, 3.8) is 0 Å². The molecule has 2 unspecified atom stereocenters. The monoisotopic (exact) mass is 265 g/mol. The van der Waals surface area contributed by atoms with Gasteiger partial charge in [-0.3, -0.25) is 0 Å². The summed E-state index contributed by atoms with van der Waals surface area (Å²) in [6, 6.07) is 10.8. The first-order valence-electron chi connectivity index (χ1n) is 7.09. The van der Waals surface area contributed by atoms with Gasteiger partial charge in [-0.2, -0.15) is 12.6 Å². The maximum Gasteiger partial charge on any atom is 0.00581 e. The highest BCUT2D eigenvalue weighted by Gasteiger charge is 2.15. The Kier molecular flexibility index (Phi) is 7.45. The van der Waals surface area contributed by atoms with Crippen LogP contribution >= 0.6 is 12.6 Å². The molecule has 0 amide bonds. The largest absolute Gasteiger partial charge is 0.303 e. The Balaban J connectivity index is 2.61. The molecule has 2 heteroatoms. The SMILES string of the molecule is CCC(C)CN(CC)CC(CS)c1ccccc1. The van der Waals surface area contributed by atoms with Crippen molar-refractivity contribution in [2.45, 2.75) is 33.1 Å². The molecule has 0 radical (unpaired) electrons. The van der Waals surface area contributed by atoms with Crippen molar-refractivity contribution in [3.05, 3.63) is 35.9 Å². The van der Waals surface area contributed by atoms with E-state index in [0.29, 0.717) is 5.92 Å². The highest BCUT2D eigenvalue weighted by molar-refractivity contribution is 7.80. The Morgan fingerprint density at radius 1 is 1.11 bits per heavy atom. The van der Waals surface area contributed by atoms with Crippen LogP contribution in [0.2, 0.25) is 0 Å². The lowest BCUT2D eigenvalue weighted by molar-refractivity contribution is 0.236. The topological polar surface area (TPSA) is 3.24 Å². The van der Waals surface area contributed by atoms with Gasteiger partial charge in [-0.15, -0.1) is 0 Å². The van der Waals surface area contributed by atoms with Crippen LogP contribution in [0.5, 0.6) is 0 Å². The molecule has 0 bridgehead atoms. The number of hydrogen-bond donors (Lipinski definition) is 1. The van der Waals surface area contributed by atoms with E-state index in [9.17, 15) is 0 Å². The average Bonchev–Trinajstić information content (AvgIpc) is 2.43. The minimum absolute atomic E-state index is 0.540. The second kappa shape index (κ2) is 8.60. The molecule has 1 rings (SSSR count). The Hall–Kier alpha value is -0.470. The van der Waals surface area contributed by atoms with Gasteiger partial charge in [0.1, 0.15) is 0 Å². The van der Waals surface area contributed by atoms with Gasteiger partial charge in [0.05, 0.1) is 0 Å². The highest BCUT2D eigenvalue weighted by Crippen LogP contribution is 2.19. The van der Waals surface area contributed by atoms with Gasteiger partial charge < -0.3 is 4.90 Å². The van der Waals surface area contributed by atoms with Gasteiger partial charge in [0.15, 0.2) is 0 Å². The maximum absolute atomic E-state index is 4.53. The fourth-order valence-corrected chi connectivity index (χ4v) is 2.53. The summed E-state index contributed by atoms with van der Waals surface area (Å²) in [5.41, 5.74) is 1.41. The van der Waals surface area contributed by atoms with Gasteiger partial charge in [0.2, 0.25) is 0 Å². The summed E-state index contributed by atoms with van der Waals surface area (Å²) in [6.07, 6.45) is 1.26. The molecule has 18 heavy (non-hydrogen) atoms. The lowest BCUT2D eigenvalue weighted by atomic mass is 9.99. The molecular weight excluding hydrogens is 238 g/mol. The number of hydrogen-bond acceptors (Lipinski definition) is 2. The second-order valence-corrected chi connectivity index (χ2v) is 5.52. The summed E-state index contributed by atoms with van der Waals surface area (Å²) in [5, 5.41) is 0. The van der Waals surface area contributed by atoms with E-state index in [1.54, 1.807) is 0 Å². The van der Waals surface area contributed by atoms with Gasteiger partial charge in [0.25, 0.3) is 0 Å². The maximum atomic E-state index is 4.53. The molecule has 1 nitrogen and oxygen atoms in total. The standard InChI is InChI=1S/C16H27NS/c1-4-14(3)11-17(5-2)12-16(13-18)15-9-7-6-8-10-15/h6-10,14,16,18H,4-5,11-13H2,1-3H3. The molecular formula is C16H27NS. The van der Waals surface area contributed by atoms with E-state index in [0.717, 1.165) is 24.8 Å². The van der Waals surface area contributed by atoms with Crippen LogP contribution in [0.25, 0.3) is 0 Å². The minimum atomic E-state index is 0.540. The van der Waals surface area contributed by atoms with E-state index < -0.39 is 0 Å². The first kappa shape index (κ1) is 15.6. The summed E-state index contributed by atoms with van der Waals surface area (Å²) in [5.74, 6) is 2.24. The van der Waals surface area contributed by atoms with Crippen molar-refractivity contribution in [1.29, 1.82) is 0 Å². The molecule has 0 spiro atoms. The molecule has 1 aromatic rings. The first-order chi connectivity index (χ1) is 8.71. The van der Waals surface area contributed by atoms with Crippen molar-refractivity contribution in [3.8, 4) is 0 Å². The van der Waals surface area contributed by atoms with Crippen LogP contribution < -0.4 is 0 Å². The van der Waals surface area contributed by atoms with E-state index in [1.165, 1.54) is 18.5 Å².